The molecule has 0 aliphatic heterocycles. The number of nitrogens with zero attached hydrogens (tertiary/aromatic N) is 2. The van der Waals surface area contributed by atoms with E-state index in [-0.39, 0.29) is 13.2 Å². The van der Waals surface area contributed by atoms with Crippen LogP contribution in [-0.4, -0.2) is 36.3 Å². The van der Waals surface area contributed by atoms with Crippen LogP contribution in [0.25, 0.3) is 0 Å². The molecular formula is C13H22N2O. The first-order valence-electron chi connectivity index (χ1n) is 5.21. The second-order valence-electron chi connectivity index (χ2n) is 3.98. The molecule has 0 fully saturated rings. The summed E-state index contributed by atoms with van der Waals surface area (Å²) in [5, 5.41) is 0. The Morgan fingerprint density at radius 3 is 2.62 bits per heavy atom. The fourth-order valence-corrected chi connectivity index (χ4v) is 1.39. The standard InChI is InChI=1S/C12H18N2O.CH4/c1-10(15)12-8-4-6-11(13-12)7-5-9-14(2)3;/h4,6,8H,5,7,9H2,1-3H3;1H4. The monoisotopic (exact) mass is 222 g/mol. The average molecular weight is 222 g/mol. The quantitative estimate of drug-likeness (QED) is 0.717. The summed E-state index contributed by atoms with van der Waals surface area (Å²) in [5.41, 5.74) is 1.57. The Morgan fingerprint density at radius 2 is 2.06 bits per heavy atom. The van der Waals surface area contributed by atoms with Gasteiger partial charge in [0.05, 0.1) is 0 Å². The molecule has 0 radical (unpaired) electrons. The minimum Gasteiger partial charge on any atom is -0.309 e. The summed E-state index contributed by atoms with van der Waals surface area (Å²) in [7, 11) is 4.11. The second kappa shape index (κ2) is 7.12. The van der Waals surface area contributed by atoms with E-state index in [1.54, 1.807) is 13.0 Å². The molecule has 0 saturated carbocycles. The van der Waals surface area contributed by atoms with E-state index in [4.69, 9.17) is 0 Å². The number of ketones is 1. The fraction of sp³-hybridized carbons (Fsp3) is 0.538. The Hall–Kier alpha value is -1.22. The van der Waals surface area contributed by atoms with Gasteiger partial charge in [0.25, 0.3) is 0 Å². The van der Waals surface area contributed by atoms with E-state index in [0.717, 1.165) is 25.1 Å². The third-order valence-electron chi connectivity index (χ3n) is 2.21. The van der Waals surface area contributed by atoms with E-state index in [1.165, 1.54) is 0 Å². The van der Waals surface area contributed by atoms with Crippen LogP contribution >= 0.6 is 0 Å². The zero-order valence-electron chi connectivity index (χ0n) is 9.66. The molecule has 1 aromatic heterocycles. The topological polar surface area (TPSA) is 33.2 Å². The van der Waals surface area contributed by atoms with Crippen molar-refractivity contribution in [3.05, 3.63) is 29.6 Å². The van der Waals surface area contributed by atoms with Gasteiger partial charge < -0.3 is 4.90 Å². The highest BCUT2D eigenvalue weighted by Gasteiger charge is 2.02. The van der Waals surface area contributed by atoms with Crippen molar-refractivity contribution in [1.82, 2.24) is 9.88 Å². The lowest BCUT2D eigenvalue weighted by Gasteiger charge is -2.08. The molecule has 1 aromatic rings. The van der Waals surface area contributed by atoms with Crippen molar-refractivity contribution in [3.8, 4) is 0 Å². The number of rotatable bonds is 5. The first-order chi connectivity index (χ1) is 7.09. The number of aryl methyl sites for hydroxylation is 1. The van der Waals surface area contributed by atoms with Gasteiger partial charge in [0.2, 0.25) is 0 Å². The molecule has 3 heteroatoms. The van der Waals surface area contributed by atoms with E-state index in [2.05, 4.69) is 24.0 Å². The predicted molar refractivity (Wildman–Crippen MR) is 67.8 cm³/mol. The van der Waals surface area contributed by atoms with Gasteiger partial charge in [0.15, 0.2) is 5.78 Å². The van der Waals surface area contributed by atoms with Crippen LogP contribution in [0.4, 0.5) is 0 Å². The molecule has 0 bridgehead atoms. The van der Waals surface area contributed by atoms with E-state index in [0.29, 0.717) is 5.69 Å². The van der Waals surface area contributed by atoms with Gasteiger partial charge in [0, 0.05) is 12.6 Å². The maximum Gasteiger partial charge on any atom is 0.178 e. The van der Waals surface area contributed by atoms with Crippen LogP contribution in [0.15, 0.2) is 18.2 Å². The van der Waals surface area contributed by atoms with Crippen molar-refractivity contribution in [3.63, 3.8) is 0 Å². The third-order valence-corrected chi connectivity index (χ3v) is 2.21. The molecule has 0 atom stereocenters. The normalized spacial score (nSPS) is 10.0. The molecule has 3 nitrogen and oxygen atoms in total. The number of hydrogen-bond acceptors (Lipinski definition) is 3. The predicted octanol–water partition coefficient (Wildman–Crippen LogP) is 2.41. The molecule has 0 amide bonds. The molecule has 16 heavy (non-hydrogen) atoms. The molecule has 90 valence electrons. The van der Waals surface area contributed by atoms with Crippen LogP contribution in [0.2, 0.25) is 0 Å². The molecule has 0 aromatic carbocycles. The van der Waals surface area contributed by atoms with Crippen molar-refractivity contribution in [2.45, 2.75) is 27.2 Å². The third kappa shape index (κ3) is 5.03. The van der Waals surface area contributed by atoms with Crippen LogP contribution < -0.4 is 0 Å². The summed E-state index contributed by atoms with van der Waals surface area (Å²) in [6, 6.07) is 5.63. The van der Waals surface area contributed by atoms with Crippen LogP contribution in [0.5, 0.6) is 0 Å². The van der Waals surface area contributed by atoms with E-state index in [9.17, 15) is 4.79 Å². The van der Waals surface area contributed by atoms with Crippen LogP contribution in [0, 0.1) is 0 Å². The zero-order chi connectivity index (χ0) is 11.3. The van der Waals surface area contributed by atoms with E-state index >= 15 is 0 Å². The number of aromatic nitrogens is 1. The number of hydrogen-bond donors (Lipinski definition) is 0. The Kier molecular flexibility index (Phi) is 6.58. The van der Waals surface area contributed by atoms with Crippen LogP contribution in [0.1, 0.15) is 37.0 Å². The molecule has 0 N–H and O–H groups in total. The maximum absolute atomic E-state index is 11.1. The summed E-state index contributed by atoms with van der Waals surface area (Å²) in [5.74, 6) is 0.0319. The highest BCUT2D eigenvalue weighted by Crippen LogP contribution is 2.03. The van der Waals surface area contributed by atoms with Crippen molar-refractivity contribution in [1.29, 1.82) is 0 Å². The van der Waals surface area contributed by atoms with Gasteiger partial charge >= 0.3 is 0 Å². The fourth-order valence-electron chi connectivity index (χ4n) is 1.39. The summed E-state index contributed by atoms with van der Waals surface area (Å²) < 4.78 is 0. The first kappa shape index (κ1) is 14.8. The number of pyridine rings is 1. The van der Waals surface area contributed by atoms with Gasteiger partial charge in [0.1, 0.15) is 5.69 Å². The minimum absolute atomic E-state index is 0. The lowest BCUT2D eigenvalue weighted by molar-refractivity contribution is 0.101. The molecule has 0 aliphatic rings. The Morgan fingerprint density at radius 1 is 1.38 bits per heavy atom. The van der Waals surface area contributed by atoms with Crippen molar-refractivity contribution >= 4 is 5.78 Å². The Bertz CT molecular complexity index is 334. The molecule has 1 rings (SSSR count). The lowest BCUT2D eigenvalue weighted by atomic mass is 10.2. The highest BCUT2D eigenvalue weighted by atomic mass is 16.1. The number of carbonyl (C=O) groups excluding carboxylic acids is 1. The SMILES string of the molecule is C.CC(=O)c1cccc(CCCN(C)C)n1. The van der Waals surface area contributed by atoms with Crippen molar-refractivity contribution < 1.29 is 4.79 Å². The Labute approximate surface area is 98.5 Å². The minimum atomic E-state index is 0. The Balaban J connectivity index is 0.00000225. The van der Waals surface area contributed by atoms with Gasteiger partial charge in [-0.05, 0) is 45.6 Å². The van der Waals surface area contributed by atoms with Gasteiger partial charge in [-0.25, -0.2) is 4.98 Å². The largest absolute Gasteiger partial charge is 0.309 e. The first-order valence-corrected chi connectivity index (χ1v) is 5.21. The second-order valence-corrected chi connectivity index (χ2v) is 3.98. The molecule has 0 spiro atoms. The van der Waals surface area contributed by atoms with Gasteiger partial charge in [-0.3, -0.25) is 4.79 Å². The van der Waals surface area contributed by atoms with E-state index in [1.807, 2.05) is 12.1 Å². The van der Waals surface area contributed by atoms with Crippen LogP contribution in [0.3, 0.4) is 0 Å². The van der Waals surface area contributed by atoms with Gasteiger partial charge in [-0.15, -0.1) is 0 Å². The summed E-state index contributed by atoms with van der Waals surface area (Å²) >= 11 is 0. The molecule has 0 saturated heterocycles. The maximum atomic E-state index is 11.1. The average Bonchev–Trinajstić information content (AvgIpc) is 2.17. The van der Waals surface area contributed by atoms with E-state index < -0.39 is 0 Å². The van der Waals surface area contributed by atoms with Gasteiger partial charge in [-0.2, -0.15) is 0 Å². The van der Waals surface area contributed by atoms with Gasteiger partial charge in [-0.1, -0.05) is 13.5 Å². The highest BCUT2D eigenvalue weighted by molar-refractivity contribution is 5.92. The van der Waals surface area contributed by atoms with Crippen molar-refractivity contribution in [2.75, 3.05) is 20.6 Å². The molecule has 1 heterocycles. The van der Waals surface area contributed by atoms with Crippen LogP contribution in [-0.2, 0) is 6.42 Å². The summed E-state index contributed by atoms with van der Waals surface area (Å²) in [6.07, 6.45) is 2.00. The number of carbonyl (C=O) groups is 1. The summed E-state index contributed by atoms with van der Waals surface area (Å²) in [4.78, 5) is 17.6. The van der Waals surface area contributed by atoms with Crippen molar-refractivity contribution in [2.24, 2.45) is 0 Å². The zero-order valence-corrected chi connectivity index (χ0v) is 9.66. The summed E-state index contributed by atoms with van der Waals surface area (Å²) in [6.45, 7) is 2.60. The molecule has 0 unspecified atom stereocenters. The molecule has 0 aliphatic carbocycles. The lowest BCUT2D eigenvalue weighted by Crippen LogP contribution is -2.13. The smallest absolute Gasteiger partial charge is 0.178 e. The molecular weight excluding hydrogens is 200 g/mol. The number of Topliss-reactive ketones (excluding diaryl/α,β-unsaturated/α-hetero) is 1.